The van der Waals surface area contributed by atoms with Crippen LogP contribution in [0.4, 0.5) is 5.69 Å². The number of carbonyl (C=O) groups excluding carboxylic acids is 2. The average Bonchev–Trinajstić information content (AvgIpc) is 2.85. The van der Waals surface area contributed by atoms with Crippen molar-refractivity contribution in [1.82, 2.24) is 10.2 Å². The molecule has 116 valence electrons. The van der Waals surface area contributed by atoms with Gasteiger partial charge in [0.1, 0.15) is 0 Å². The lowest BCUT2D eigenvalue weighted by Gasteiger charge is -2.33. The topological polar surface area (TPSA) is 114 Å². The maximum Gasteiger partial charge on any atom is 0.356 e. The number of rotatable bonds is 2. The van der Waals surface area contributed by atoms with Gasteiger partial charge in [-0.05, 0) is 6.92 Å². The molecule has 1 atom stereocenters. The van der Waals surface area contributed by atoms with Crippen molar-refractivity contribution in [3.63, 3.8) is 0 Å². The molecule has 1 unspecified atom stereocenters. The van der Waals surface area contributed by atoms with Crippen molar-refractivity contribution in [1.29, 1.82) is 0 Å². The quantitative estimate of drug-likeness (QED) is 0.720. The summed E-state index contributed by atoms with van der Waals surface area (Å²) in [5.41, 5.74) is -1.75. The van der Waals surface area contributed by atoms with Crippen LogP contribution in [0.1, 0.15) is 18.9 Å². The van der Waals surface area contributed by atoms with Crippen molar-refractivity contribution >= 4 is 23.3 Å². The Morgan fingerprint density at radius 1 is 1.55 bits per heavy atom. The Morgan fingerprint density at radius 2 is 2.32 bits per heavy atom. The van der Waals surface area contributed by atoms with Gasteiger partial charge in [0.15, 0.2) is 11.1 Å². The predicted octanol–water partition coefficient (Wildman–Crippen LogP) is -0.676. The van der Waals surface area contributed by atoms with E-state index in [1.165, 1.54) is 11.2 Å². The van der Waals surface area contributed by atoms with Crippen molar-refractivity contribution in [2.45, 2.75) is 18.8 Å². The van der Waals surface area contributed by atoms with E-state index in [2.05, 4.69) is 15.3 Å². The van der Waals surface area contributed by atoms with Crippen LogP contribution in [-0.4, -0.2) is 48.1 Å². The maximum atomic E-state index is 12.4. The van der Waals surface area contributed by atoms with Crippen LogP contribution in [0.15, 0.2) is 16.1 Å². The third-order valence-electron chi connectivity index (χ3n) is 3.79. The molecule has 0 aliphatic carbocycles. The Bertz CT molecular complexity index is 740. The van der Waals surface area contributed by atoms with E-state index in [-0.39, 0.29) is 30.9 Å². The minimum absolute atomic E-state index is 0.0994. The number of cyclic esters (lactones) is 1. The maximum absolute atomic E-state index is 12.4. The van der Waals surface area contributed by atoms with E-state index in [1.807, 2.05) is 0 Å². The fraction of sp³-hybridized carbons (Fsp3) is 0.462. The molecule has 3 heterocycles. The fourth-order valence-corrected chi connectivity index (χ4v) is 2.83. The number of carbonyl (C=O) groups is 2. The number of aromatic amines is 1. The molecular weight excluding hydrogens is 292 g/mol. The SMILES string of the molecule is CCOC(=O)C1=NN(C)c2cn[nH]c(=O)c2C12CCOC2=O. The predicted molar refractivity (Wildman–Crippen MR) is 74.6 cm³/mol. The van der Waals surface area contributed by atoms with E-state index in [4.69, 9.17) is 9.47 Å². The number of hydrogen-bond donors (Lipinski definition) is 1. The second kappa shape index (κ2) is 4.93. The summed E-state index contributed by atoms with van der Waals surface area (Å²) in [7, 11) is 1.56. The molecule has 0 amide bonds. The highest BCUT2D eigenvalue weighted by atomic mass is 16.5. The summed E-state index contributed by atoms with van der Waals surface area (Å²) in [6.07, 6.45) is 1.53. The Morgan fingerprint density at radius 3 is 2.95 bits per heavy atom. The molecule has 0 aromatic carbocycles. The first-order chi connectivity index (χ1) is 10.5. The number of nitrogens with zero attached hydrogens (tertiary/aromatic N) is 3. The molecule has 9 heteroatoms. The third kappa shape index (κ3) is 1.74. The van der Waals surface area contributed by atoms with Crippen LogP contribution in [0.5, 0.6) is 0 Å². The van der Waals surface area contributed by atoms with Gasteiger partial charge in [-0.2, -0.15) is 10.2 Å². The Kier molecular flexibility index (Phi) is 3.19. The van der Waals surface area contributed by atoms with E-state index in [1.54, 1.807) is 14.0 Å². The van der Waals surface area contributed by atoms with Gasteiger partial charge in [-0.3, -0.25) is 14.6 Å². The summed E-state index contributed by atoms with van der Waals surface area (Å²) in [5, 5.41) is 11.5. The van der Waals surface area contributed by atoms with Crippen molar-refractivity contribution in [2.24, 2.45) is 5.10 Å². The molecule has 1 spiro atoms. The van der Waals surface area contributed by atoms with Crippen molar-refractivity contribution < 1.29 is 19.1 Å². The normalized spacial score (nSPS) is 23.1. The van der Waals surface area contributed by atoms with Gasteiger partial charge in [0.2, 0.25) is 0 Å². The number of anilines is 1. The monoisotopic (exact) mass is 306 g/mol. The van der Waals surface area contributed by atoms with Crippen LogP contribution < -0.4 is 10.6 Å². The molecule has 0 radical (unpaired) electrons. The molecule has 1 N–H and O–H groups in total. The lowest BCUT2D eigenvalue weighted by Crippen LogP contribution is -2.52. The van der Waals surface area contributed by atoms with Gasteiger partial charge < -0.3 is 9.47 Å². The molecule has 2 aliphatic heterocycles. The summed E-state index contributed by atoms with van der Waals surface area (Å²) in [4.78, 5) is 36.9. The number of nitrogens with one attached hydrogen (secondary N) is 1. The lowest BCUT2D eigenvalue weighted by atomic mass is 9.74. The zero-order valence-electron chi connectivity index (χ0n) is 12.1. The largest absolute Gasteiger partial charge is 0.465 e. The van der Waals surface area contributed by atoms with Crippen LogP contribution in [0.2, 0.25) is 0 Å². The molecule has 1 fully saturated rings. The second-order valence-electron chi connectivity index (χ2n) is 4.94. The van der Waals surface area contributed by atoms with Crippen molar-refractivity contribution in [3.8, 4) is 0 Å². The average molecular weight is 306 g/mol. The first-order valence-electron chi connectivity index (χ1n) is 6.77. The van der Waals surface area contributed by atoms with Gasteiger partial charge in [0.05, 0.1) is 30.7 Å². The van der Waals surface area contributed by atoms with Gasteiger partial charge in [-0.1, -0.05) is 0 Å². The van der Waals surface area contributed by atoms with Crippen LogP contribution in [0, 0.1) is 0 Å². The van der Waals surface area contributed by atoms with Crippen LogP contribution in [0.3, 0.4) is 0 Å². The number of ether oxygens (including phenoxy) is 2. The molecular formula is C13H14N4O5. The summed E-state index contributed by atoms with van der Waals surface area (Å²) < 4.78 is 10.0. The summed E-state index contributed by atoms with van der Waals surface area (Å²) in [6, 6.07) is 0. The zero-order valence-corrected chi connectivity index (χ0v) is 12.1. The minimum Gasteiger partial charge on any atom is -0.465 e. The van der Waals surface area contributed by atoms with Crippen LogP contribution >= 0.6 is 0 Å². The lowest BCUT2D eigenvalue weighted by molar-refractivity contribution is -0.143. The number of H-pyrrole nitrogens is 1. The highest BCUT2D eigenvalue weighted by molar-refractivity contribution is 6.45. The fourth-order valence-electron chi connectivity index (χ4n) is 2.83. The Labute approximate surface area is 124 Å². The van der Waals surface area contributed by atoms with E-state index in [0.29, 0.717) is 5.69 Å². The molecule has 1 aromatic heterocycles. The Balaban J connectivity index is 2.29. The first-order valence-corrected chi connectivity index (χ1v) is 6.77. The molecule has 1 aromatic rings. The number of aromatic nitrogens is 2. The summed E-state index contributed by atoms with van der Waals surface area (Å²) in [6.45, 7) is 1.88. The number of hydrazone groups is 1. The molecule has 0 bridgehead atoms. The van der Waals surface area contributed by atoms with Crippen LogP contribution in [-0.2, 0) is 24.5 Å². The second-order valence-corrected chi connectivity index (χ2v) is 4.94. The van der Waals surface area contributed by atoms with Gasteiger partial charge in [-0.25, -0.2) is 9.89 Å². The van der Waals surface area contributed by atoms with Gasteiger partial charge in [0, 0.05) is 13.5 Å². The number of fused-ring (bicyclic) bond motifs is 2. The van der Waals surface area contributed by atoms with Gasteiger partial charge >= 0.3 is 11.9 Å². The van der Waals surface area contributed by atoms with E-state index in [9.17, 15) is 14.4 Å². The van der Waals surface area contributed by atoms with E-state index < -0.39 is 22.9 Å². The van der Waals surface area contributed by atoms with E-state index in [0.717, 1.165) is 0 Å². The number of esters is 2. The molecule has 3 rings (SSSR count). The zero-order chi connectivity index (χ0) is 15.9. The molecule has 22 heavy (non-hydrogen) atoms. The Hall–Kier alpha value is -2.71. The third-order valence-corrected chi connectivity index (χ3v) is 3.79. The van der Waals surface area contributed by atoms with E-state index >= 15 is 0 Å². The van der Waals surface area contributed by atoms with Gasteiger partial charge in [-0.15, -0.1) is 0 Å². The highest BCUT2D eigenvalue weighted by Gasteiger charge is 2.58. The van der Waals surface area contributed by atoms with Gasteiger partial charge in [0.25, 0.3) is 5.56 Å². The molecule has 9 nitrogen and oxygen atoms in total. The standard InChI is InChI=1S/C13H14N4O5/c1-3-21-11(19)9-13(4-5-22-12(13)20)8-7(17(2)16-9)6-14-15-10(8)18/h6H,3-5H2,1-2H3,(H,15,18). The number of hydrogen-bond acceptors (Lipinski definition) is 8. The van der Waals surface area contributed by atoms with Crippen molar-refractivity contribution in [3.05, 3.63) is 22.1 Å². The minimum atomic E-state index is -1.54. The summed E-state index contributed by atoms with van der Waals surface area (Å²) in [5.74, 6) is -1.42. The first kappa shape index (κ1) is 14.2. The highest BCUT2D eigenvalue weighted by Crippen LogP contribution is 2.41. The molecule has 2 aliphatic rings. The van der Waals surface area contributed by atoms with Crippen LogP contribution in [0.25, 0.3) is 0 Å². The smallest absolute Gasteiger partial charge is 0.356 e. The molecule has 1 saturated heterocycles. The molecule has 0 saturated carbocycles. The van der Waals surface area contributed by atoms with Crippen molar-refractivity contribution in [2.75, 3.05) is 25.3 Å². The summed E-state index contributed by atoms with van der Waals surface area (Å²) >= 11 is 0.